The molecule has 0 saturated carbocycles. The average Bonchev–Trinajstić information content (AvgIpc) is 4.17. The highest BCUT2D eigenvalue weighted by Gasteiger charge is 2.47. The second-order valence-corrected chi connectivity index (χ2v) is 19.9. The Labute approximate surface area is 455 Å². The molecular formula is C74H52N4. The van der Waals surface area contributed by atoms with E-state index >= 15 is 0 Å². The van der Waals surface area contributed by atoms with Gasteiger partial charge in [-0.25, -0.2) is 4.98 Å². The molecule has 0 aliphatic heterocycles. The highest BCUT2D eigenvalue weighted by molar-refractivity contribution is 5.93. The third-order valence-electron chi connectivity index (χ3n) is 15.5. The number of anilines is 6. The molecule has 78 heavy (non-hydrogen) atoms. The molecule has 368 valence electrons. The van der Waals surface area contributed by atoms with Gasteiger partial charge in [0, 0.05) is 45.4 Å². The van der Waals surface area contributed by atoms with E-state index in [1.54, 1.807) is 0 Å². The van der Waals surface area contributed by atoms with Gasteiger partial charge in [0.05, 0.1) is 16.4 Å². The molecule has 0 saturated heterocycles. The van der Waals surface area contributed by atoms with Gasteiger partial charge in [0.2, 0.25) is 0 Å². The molecule has 0 spiro atoms. The molecular weight excluding hydrogens is 945 g/mol. The Hall–Kier alpha value is -10.3. The number of hydrogen-bond donors (Lipinski definition) is 0. The standard InChI is InChI=1S/C74H52N4/c1-7-21-53(22-8-1)55-35-41-62(42-36-55)77(63-43-37-56(38-44-63)54-23-9-2-10-24-54)66-48-50-68-67-49-47-65(51-69(67)74(70(68)52-66,58-25-11-3-12-26-58)59-27-13-4-14-28-59)76(60-29-15-5-16-30-60)64-45-39-57(40-46-64)73-75-71-33-19-20-34-72(71)78(73)61-31-17-6-18-32-61/h1-52H. The number of rotatable bonds is 12. The summed E-state index contributed by atoms with van der Waals surface area (Å²) in [6.07, 6.45) is 0. The fourth-order valence-electron chi connectivity index (χ4n) is 11.9. The summed E-state index contributed by atoms with van der Waals surface area (Å²) < 4.78 is 2.26. The van der Waals surface area contributed by atoms with Gasteiger partial charge >= 0.3 is 0 Å². The molecule has 0 amide bonds. The van der Waals surface area contributed by atoms with Crippen LogP contribution in [0.1, 0.15) is 22.3 Å². The van der Waals surface area contributed by atoms with E-state index in [9.17, 15) is 0 Å². The smallest absolute Gasteiger partial charge is 0.145 e. The molecule has 1 aromatic heterocycles. The summed E-state index contributed by atoms with van der Waals surface area (Å²) in [4.78, 5) is 10.0. The van der Waals surface area contributed by atoms with Crippen LogP contribution in [-0.4, -0.2) is 9.55 Å². The first-order valence-electron chi connectivity index (χ1n) is 26.7. The van der Waals surface area contributed by atoms with Crippen LogP contribution in [0.3, 0.4) is 0 Å². The van der Waals surface area contributed by atoms with Crippen molar-refractivity contribution in [2.45, 2.75) is 5.41 Å². The van der Waals surface area contributed by atoms with Gasteiger partial charge in [0.1, 0.15) is 5.82 Å². The lowest BCUT2D eigenvalue weighted by atomic mass is 9.67. The van der Waals surface area contributed by atoms with Crippen LogP contribution in [0.4, 0.5) is 34.1 Å². The monoisotopic (exact) mass is 996 g/mol. The number of hydrogen-bond acceptors (Lipinski definition) is 3. The lowest BCUT2D eigenvalue weighted by Gasteiger charge is -2.35. The van der Waals surface area contributed by atoms with Crippen LogP contribution in [0.15, 0.2) is 315 Å². The fraction of sp³-hybridized carbons (Fsp3) is 0.0135. The van der Waals surface area contributed by atoms with Gasteiger partial charge in [-0.05, 0) is 165 Å². The van der Waals surface area contributed by atoms with Crippen molar-refractivity contribution in [3.8, 4) is 50.5 Å². The third kappa shape index (κ3) is 8.06. The van der Waals surface area contributed by atoms with E-state index < -0.39 is 5.41 Å². The van der Waals surface area contributed by atoms with E-state index in [0.29, 0.717) is 0 Å². The lowest BCUT2D eigenvalue weighted by Crippen LogP contribution is -2.29. The highest BCUT2D eigenvalue weighted by Crippen LogP contribution is 2.58. The average molecular weight is 997 g/mol. The summed E-state index contributed by atoms with van der Waals surface area (Å²) in [5, 5.41) is 0. The summed E-state index contributed by atoms with van der Waals surface area (Å²) in [6, 6.07) is 114. The van der Waals surface area contributed by atoms with Crippen LogP contribution in [0.25, 0.3) is 61.5 Å². The SMILES string of the molecule is c1ccc(-c2ccc(N(c3ccc(-c4ccccc4)cc3)c3ccc4c(c3)C(c3ccccc3)(c3ccccc3)c3cc(N(c5ccccc5)c5ccc(-c6nc7ccccc7n6-c6ccccc6)cc5)ccc3-4)cc2)cc1. The zero-order chi connectivity index (χ0) is 51.8. The van der Waals surface area contributed by atoms with E-state index in [0.717, 1.165) is 62.2 Å². The molecule has 1 heterocycles. The minimum absolute atomic E-state index is 0.693. The van der Waals surface area contributed by atoms with Crippen molar-refractivity contribution in [2.24, 2.45) is 0 Å². The Morgan fingerprint density at radius 3 is 1.09 bits per heavy atom. The van der Waals surface area contributed by atoms with E-state index in [4.69, 9.17) is 4.98 Å². The van der Waals surface area contributed by atoms with Crippen LogP contribution in [0, 0.1) is 0 Å². The van der Waals surface area contributed by atoms with Crippen LogP contribution >= 0.6 is 0 Å². The number of nitrogens with zero attached hydrogens (tertiary/aromatic N) is 4. The predicted octanol–water partition coefficient (Wildman–Crippen LogP) is 19.3. The van der Waals surface area contributed by atoms with Crippen LogP contribution in [0.5, 0.6) is 0 Å². The number of para-hydroxylation sites is 4. The normalized spacial score (nSPS) is 12.2. The molecule has 4 nitrogen and oxygen atoms in total. The summed E-state index contributed by atoms with van der Waals surface area (Å²) in [7, 11) is 0. The Morgan fingerprint density at radius 1 is 0.282 bits per heavy atom. The molecule has 12 aromatic carbocycles. The Kier molecular flexibility index (Phi) is 11.7. The quantitative estimate of drug-likeness (QED) is 0.122. The maximum atomic E-state index is 5.21. The summed E-state index contributed by atoms with van der Waals surface area (Å²) in [6.45, 7) is 0. The predicted molar refractivity (Wildman–Crippen MR) is 324 cm³/mol. The number of imidazole rings is 1. The van der Waals surface area contributed by atoms with Crippen molar-refractivity contribution < 1.29 is 0 Å². The van der Waals surface area contributed by atoms with Crippen molar-refractivity contribution in [1.82, 2.24) is 9.55 Å². The number of aromatic nitrogens is 2. The molecule has 14 rings (SSSR count). The maximum Gasteiger partial charge on any atom is 0.145 e. The van der Waals surface area contributed by atoms with Gasteiger partial charge in [-0.1, -0.05) is 206 Å². The minimum atomic E-state index is -0.693. The second-order valence-electron chi connectivity index (χ2n) is 19.9. The number of fused-ring (bicyclic) bond motifs is 4. The van der Waals surface area contributed by atoms with Gasteiger partial charge in [-0.15, -0.1) is 0 Å². The number of benzene rings is 12. The molecule has 0 N–H and O–H groups in total. The van der Waals surface area contributed by atoms with Crippen molar-refractivity contribution in [1.29, 1.82) is 0 Å². The Morgan fingerprint density at radius 2 is 0.628 bits per heavy atom. The topological polar surface area (TPSA) is 24.3 Å². The van der Waals surface area contributed by atoms with Crippen molar-refractivity contribution in [2.75, 3.05) is 9.80 Å². The molecule has 0 radical (unpaired) electrons. The fourth-order valence-corrected chi connectivity index (χ4v) is 11.9. The van der Waals surface area contributed by atoms with E-state index in [1.165, 1.54) is 55.6 Å². The Balaban J connectivity index is 0.935. The zero-order valence-electron chi connectivity index (χ0n) is 42.8. The van der Waals surface area contributed by atoms with Gasteiger partial charge in [-0.3, -0.25) is 4.57 Å². The van der Waals surface area contributed by atoms with E-state index in [-0.39, 0.29) is 0 Å². The van der Waals surface area contributed by atoms with Gasteiger partial charge < -0.3 is 9.80 Å². The zero-order valence-corrected chi connectivity index (χ0v) is 42.8. The summed E-state index contributed by atoms with van der Waals surface area (Å²) in [5.74, 6) is 0.900. The second kappa shape index (κ2) is 19.8. The van der Waals surface area contributed by atoms with Gasteiger partial charge in [0.25, 0.3) is 0 Å². The summed E-state index contributed by atoms with van der Waals surface area (Å²) >= 11 is 0. The molecule has 0 unspecified atom stereocenters. The molecule has 0 atom stereocenters. The van der Waals surface area contributed by atoms with E-state index in [1.807, 2.05) is 0 Å². The summed E-state index contributed by atoms with van der Waals surface area (Å²) in [5.41, 5.74) is 21.9. The van der Waals surface area contributed by atoms with Crippen molar-refractivity contribution in [3.05, 3.63) is 338 Å². The minimum Gasteiger partial charge on any atom is -0.310 e. The first-order chi connectivity index (χ1) is 38.7. The maximum absolute atomic E-state index is 5.21. The first kappa shape index (κ1) is 46.3. The van der Waals surface area contributed by atoms with Gasteiger partial charge in [0.15, 0.2) is 0 Å². The first-order valence-corrected chi connectivity index (χ1v) is 26.7. The van der Waals surface area contributed by atoms with E-state index in [2.05, 4.69) is 330 Å². The molecule has 4 heteroatoms. The third-order valence-corrected chi connectivity index (χ3v) is 15.5. The van der Waals surface area contributed by atoms with Gasteiger partial charge in [-0.2, -0.15) is 0 Å². The molecule has 1 aliphatic rings. The van der Waals surface area contributed by atoms with Crippen molar-refractivity contribution in [3.63, 3.8) is 0 Å². The van der Waals surface area contributed by atoms with Crippen LogP contribution < -0.4 is 9.80 Å². The molecule has 0 bridgehead atoms. The van der Waals surface area contributed by atoms with Crippen LogP contribution in [-0.2, 0) is 5.41 Å². The van der Waals surface area contributed by atoms with Crippen LogP contribution in [0.2, 0.25) is 0 Å². The lowest BCUT2D eigenvalue weighted by molar-refractivity contribution is 0.768. The molecule has 0 fully saturated rings. The van der Waals surface area contributed by atoms with Crippen molar-refractivity contribution >= 4 is 45.2 Å². The molecule has 13 aromatic rings. The Bertz CT molecular complexity index is 4080. The molecule has 1 aliphatic carbocycles. The largest absolute Gasteiger partial charge is 0.310 e. The highest BCUT2D eigenvalue weighted by atomic mass is 15.1.